The Morgan fingerprint density at radius 1 is 0.467 bits per heavy atom. The predicted molar refractivity (Wildman–Crippen MR) is 186 cm³/mol. The SMILES string of the molecule is c1ccc(S(c2ccccc2)(c2ccccc2)c2cc(-n3c4ccccc4c4ccccc43)cc3c2oc2ncccc23)cc1. The van der Waals surface area contributed by atoms with Crippen molar-refractivity contribution in [1.29, 1.82) is 0 Å². The number of benzene rings is 6. The van der Waals surface area contributed by atoms with Crippen LogP contribution in [0.5, 0.6) is 0 Å². The minimum absolute atomic E-state index is 0.649. The number of rotatable bonds is 5. The van der Waals surface area contributed by atoms with Crippen LogP contribution in [0.4, 0.5) is 0 Å². The molecule has 6 aromatic carbocycles. The lowest BCUT2D eigenvalue weighted by molar-refractivity contribution is 0.645. The number of fused-ring (bicyclic) bond motifs is 6. The summed E-state index contributed by atoms with van der Waals surface area (Å²) in [7, 11) is -2.04. The van der Waals surface area contributed by atoms with Crippen molar-refractivity contribution in [2.75, 3.05) is 0 Å². The fourth-order valence-electron chi connectivity index (χ4n) is 6.89. The van der Waals surface area contributed by atoms with Crippen molar-refractivity contribution >= 4 is 53.9 Å². The second kappa shape index (κ2) is 10.3. The quantitative estimate of drug-likeness (QED) is 0.198. The van der Waals surface area contributed by atoms with Gasteiger partial charge in [0.15, 0.2) is 5.58 Å². The Bertz CT molecular complexity index is 2330. The molecule has 0 saturated heterocycles. The zero-order valence-electron chi connectivity index (χ0n) is 24.4. The van der Waals surface area contributed by atoms with E-state index in [1.807, 2.05) is 12.3 Å². The Kier molecular flexibility index (Phi) is 5.90. The van der Waals surface area contributed by atoms with E-state index < -0.39 is 10.0 Å². The Morgan fingerprint density at radius 3 is 1.51 bits per heavy atom. The van der Waals surface area contributed by atoms with E-state index in [1.165, 1.54) is 36.5 Å². The summed E-state index contributed by atoms with van der Waals surface area (Å²) < 4.78 is 9.21. The average Bonchev–Trinajstić information content (AvgIpc) is 3.66. The van der Waals surface area contributed by atoms with Gasteiger partial charge in [-0.3, -0.25) is 0 Å². The van der Waals surface area contributed by atoms with Crippen LogP contribution in [0.25, 0.3) is 49.6 Å². The summed E-state index contributed by atoms with van der Waals surface area (Å²) in [5.74, 6) is 0. The zero-order valence-corrected chi connectivity index (χ0v) is 25.2. The molecule has 0 amide bonds. The van der Waals surface area contributed by atoms with Gasteiger partial charge in [-0.1, -0.05) is 91.0 Å². The molecule has 3 aromatic heterocycles. The lowest BCUT2D eigenvalue weighted by Gasteiger charge is -2.42. The lowest BCUT2D eigenvalue weighted by Crippen LogP contribution is -2.06. The molecule has 0 unspecified atom stereocenters. The van der Waals surface area contributed by atoms with Crippen molar-refractivity contribution in [2.24, 2.45) is 0 Å². The van der Waals surface area contributed by atoms with Gasteiger partial charge in [0.1, 0.15) is 0 Å². The third kappa shape index (κ3) is 3.83. The van der Waals surface area contributed by atoms with E-state index in [2.05, 4.69) is 167 Å². The molecule has 0 aliphatic carbocycles. The number of hydrogen-bond donors (Lipinski definition) is 0. The van der Waals surface area contributed by atoms with E-state index in [4.69, 9.17) is 4.42 Å². The van der Waals surface area contributed by atoms with E-state index in [0.717, 1.165) is 26.9 Å². The number of para-hydroxylation sites is 2. The maximum atomic E-state index is 6.80. The molecule has 0 bridgehead atoms. The molecule has 45 heavy (non-hydrogen) atoms. The number of furan rings is 1. The smallest absolute Gasteiger partial charge is 0.227 e. The van der Waals surface area contributed by atoms with Crippen LogP contribution in [0.1, 0.15) is 0 Å². The first kappa shape index (κ1) is 25.9. The first-order valence-corrected chi connectivity index (χ1v) is 16.8. The summed E-state index contributed by atoms with van der Waals surface area (Å²) in [6, 6.07) is 59.0. The van der Waals surface area contributed by atoms with Crippen molar-refractivity contribution < 1.29 is 4.42 Å². The highest BCUT2D eigenvalue weighted by atomic mass is 32.3. The normalized spacial score (nSPS) is 12.4. The van der Waals surface area contributed by atoms with Gasteiger partial charge in [-0.15, -0.1) is 10.0 Å². The van der Waals surface area contributed by atoms with Crippen molar-refractivity contribution in [3.05, 3.63) is 170 Å². The summed E-state index contributed by atoms with van der Waals surface area (Å²) >= 11 is 0. The van der Waals surface area contributed by atoms with E-state index >= 15 is 0 Å². The first-order chi connectivity index (χ1) is 22.3. The van der Waals surface area contributed by atoms with Gasteiger partial charge in [-0.05, 0) is 72.8 Å². The van der Waals surface area contributed by atoms with Crippen LogP contribution >= 0.6 is 10.0 Å². The van der Waals surface area contributed by atoms with E-state index in [-0.39, 0.29) is 0 Å². The highest BCUT2D eigenvalue weighted by Crippen LogP contribution is 2.74. The predicted octanol–water partition coefficient (Wildman–Crippen LogP) is 11.4. The number of nitrogens with zero attached hydrogens (tertiary/aromatic N) is 2. The van der Waals surface area contributed by atoms with Gasteiger partial charge in [-0.25, -0.2) is 4.98 Å². The summed E-state index contributed by atoms with van der Waals surface area (Å²) in [5, 5.41) is 4.55. The molecule has 0 fully saturated rings. The molecule has 214 valence electrons. The van der Waals surface area contributed by atoms with Crippen LogP contribution < -0.4 is 0 Å². The third-order valence-electron chi connectivity index (χ3n) is 8.76. The van der Waals surface area contributed by atoms with Gasteiger partial charge in [0.25, 0.3) is 0 Å². The molecular weight excluding hydrogens is 569 g/mol. The first-order valence-electron chi connectivity index (χ1n) is 15.1. The average molecular weight is 597 g/mol. The monoisotopic (exact) mass is 596 g/mol. The van der Waals surface area contributed by atoms with Gasteiger partial charge in [0, 0.05) is 53.0 Å². The van der Waals surface area contributed by atoms with E-state index in [9.17, 15) is 0 Å². The molecule has 0 N–H and O–H groups in total. The molecule has 9 aromatic rings. The van der Waals surface area contributed by atoms with Crippen LogP contribution in [-0.2, 0) is 0 Å². The second-order valence-corrected chi connectivity index (χ2v) is 14.3. The number of aromatic nitrogens is 2. The van der Waals surface area contributed by atoms with Crippen LogP contribution in [0.3, 0.4) is 0 Å². The summed E-state index contributed by atoms with van der Waals surface area (Å²) in [4.78, 5) is 9.58. The summed E-state index contributed by atoms with van der Waals surface area (Å²) in [6.07, 6.45) is 1.81. The molecule has 3 heterocycles. The zero-order chi connectivity index (χ0) is 29.8. The highest BCUT2D eigenvalue weighted by molar-refractivity contribution is 8.34. The fraction of sp³-hybridized carbons (Fsp3) is 0. The van der Waals surface area contributed by atoms with E-state index in [1.54, 1.807) is 0 Å². The molecule has 0 aliphatic rings. The molecular formula is C41H28N2OS. The Labute approximate surface area is 262 Å². The van der Waals surface area contributed by atoms with E-state index in [0.29, 0.717) is 5.71 Å². The molecule has 0 spiro atoms. The van der Waals surface area contributed by atoms with Crippen LogP contribution in [0.2, 0.25) is 0 Å². The number of pyridine rings is 1. The highest BCUT2D eigenvalue weighted by Gasteiger charge is 2.37. The van der Waals surface area contributed by atoms with Crippen molar-refractivity contribution in [1.82, 2.24) is 9.55 Å². The largest absolute Gasteiger partial charge is 0.437 e. The summed E-state index contributed by atoms with van der Waals surface area (Å²) in [6.45, 7) is 0. The Hall–Kier alpha value is -5.58. The van der Waals surface area contributed by atoms with Crippen molar-refractivity contribution in [2.45, 2.75) is 19.6 Å². The molecule has 0 saturated carbocycles. The molecule has 0 aliphatic heterocycles. The molecule has 4 heteroatoms. The van der Waals surface area contributed by atoms with Gasteiger partial charge in [0.05, 0.1) is 11.0 Å². The lowest BCUT2D eigenvalue weighted by atomic mass is 10.1. The maximum absolute atomic E-state index is 6.80. The molecule has 0 radical (unpaired) electrons. The van der Waals surface area contributed by atoms with Gasteiger partial charge < -0.3 is 8.98 Å². The Morgan fingerprint density at radius 2 is 0.956 bits per heavy atom. The van der Waals surface area contributed by atoms with Gasteiger partial charge >= 0.3 is 0 Å². The van der Waals surface area contributed by atoms with Crippen molar-refractivity contribution in [3.63, 3.8) is 0 Å². The Balaban J connectivity index is 1.52. The van der Waals surface area contributed by atoms with Crippen LogP contribution in [-0.4, -0.2) is 9.55 Å². The molecule has 3 nitrogen and oxygen atoms in total. The van der Waals surface area contributed by atoms with Crippen LogP contribution in [0.15, 0.2) is 194 Å². The minimum Gasteiger partial charge on any atom is -0.437 e. The second-order valence-electron chi connectivity index (χ2n) is 11.2. The van der Waals surface area contributed by atoms with Gasteiger partial charge in [0.2, 0.25) is 5.71 Å². The minimum atomic E-state index is -2.04. The van der Waals surface area contributed by atoms with Gasteiger partial charge in [-0.2, -0.15) is 0 Å². The van der Waals surface area contributed by atoms with Crippen LogP contribution in [0, 0.1) is 0 Å². The topological polar surface area (TPSA) is 31.0 Å². The standard InChI is InChI=1S/C41H28N2OS/c1-4-15-30(16-5-1)45(31-17-6-2-7-18-31,32-19-8-3-9-20-32)39-28-29(27-36-35-23-14-26-42-41(35)44-40(36)39)43-37-24-12-10-21-33(37)34-22-11-13-25-38(34)43/h1-28H. The van der Waals surface area contributed by atoms with Crippen molar-refractivity contribution in [3.8, 4) is 5.69 Å². The maximum Gasteiger partial charge on any atom is 0.227 e. The third-order valence-corrected chi connectivity index (χ3v) is 12.7. The molecule has 9 rings (SSSR count). The molecule has 0 atom stereocenters. The summed E-state index contributed by atoms with van der Waals surface area (Å²) in [5.41, 5.74) is 4.97. The number of hydrogen-bond acceptors (Lipinski definition) is 2. The fourth-order valence-corrected chi connectivity index (χ4v) is 10.9.